The Bertz CT molecular complexity index is 1330. The van der Waals surface area contributed by atoms with Crippen LogP contribution in [0.1, 0.15) is 34.1 Å². The summed E-state index contributed by atoms with van der Waals surface area (Å²) in [5.74, 6) is -1.47. The van der Waals surface area contributed by atoms with E-state index < -0.39 is 33.5 Å². The van der Waals surface area contributed by atoms with Gasteiger partial charge < -0.3 is 16.4 Å². The first-order chi connectivity index (χ1) is 16.4. The molecule has 0 aliphatic heterocycles. The molecule has 3 aromatic rings. The number of amides is 1. The number of nitrogens with one attached hydrogen (secondary N) is 3. The molecule has 0 unspecified atom stereocenters. The number of aromatic nitrogens is 3. The lowest BCUT2D eigenvalue weighted by atomic mass is 10.2. The summed E-state index contributed by atoms with van der Waals surface area (Å²) in [6.07, 6.45) is -4.12. The molecule has 3 rings (SSSR count). The molecule has 0 saturated heterocycles. The molecule has 0 aliphatic rings. The number of aryl methyl sites for hydroxylation is 1. The quantitative estimate of drug-likeness (QED) is 0.342. The van der Waals surface area contributed by atoms with Crippen LogP contribution in [0, 0.1) is 6.92 Å². The molecule has 35 heavy (non-hydrogen) atoms. The van der Waals surface area contributed by atoms with Crippen molar-refractivity contribution in [1.29, 1.82) is 0 Å². The fourth-order valence-electron chi connectivity index (χ4n) is 2.85. The van der Waals surface area contributed by atoms with Crippen molar-refractivity contribution in [2.24, 2.45) is 5.73 Å². The first-order valence-electron chi connectivity index (χ1n) is 10.2. The largest absolute Gasteiger partial charge is 0.421 e. The number of carbonyl (C=O) groups is 1. The second-order valence-electron chi connectivity index (χ2n) is 7.34. The van der Waals surface area contributed by atoms with E-state index >= 15 is 0 Å². The average Bonchev–Trinajstić information content (AvgIpc) is 2.78. The van der Waals surface area contributed by atoms with Gasteiger partial charge in [-0.25, -0.2) is 18.4 Å². The van der Waals surface area contributed by atoms with Gasteiger partial charge in [-0.15, -0.1) is 0 Å². The minimum Gasteiger partial charge on any atom is -0.366 e. The summed E-state index contributed by atoms with van der Waals surface area (Å²) in [5.41, 5.74) is 5.60. The Kier molecular flexibility index (Phi) is 7.43. The van der Waals surface area contributed by atoms with Gasteiger partial charge in [0.2, 0.25) is 21.9 Å². The molecule has 10 nitrogen and oxygen atoms in total. The molecule has 5 N–H and O–H groups in total. The van der Waals surface area contributed by atoms with Crippen molar-refractivity contribution >= 4 is 39.2 Å². The summed E-state index contributed by atoms with van der Waals surface area (Å²) in [7, 11) is -3.66. The molecule has 0 spiro atoms. The zero-order chi connectivity index (χ0) is 25.8. The topological polar surface area (TPSA) is 152 Å². The van der Waals surface area contributed by atoms with E-state index in [-0.39, 0.29) is 29.6 Å². The van der Waals surface area contributed by atoms with E-state index in [1.165, 1.54) is 31.2 Å². The molecular formula is C21H22F3N7O3S. The Hall–Kier alpha value is -3.94. The highest BCUT2D eigenvalue weighted by Gasteiger charge is 2.35. The first-order valence-corrected chi connectivity index (χ1v) is 11.8. The standard InChI is InChI=1S/C21H22F3N7O3S/c1-3-35(33,34)31-18-14(5-4-12(2)28-18)10-26-19-16(21(22,23)24)11-27-20(30-19)29-15-8-6-13(7-9-15)17(25)32/h4-9,11H,3,10H2,1-2H3,(H2,25,32)(H,28,31)(H2,26,27,29,30). The summed E-state index contributed by atoms with van der Waals surface area (Å²) in [6, 6.07) is 9.04. The third-order valence-corrected chi connectivity index (χ3v) is 5.98. The molecule has 1 aromatic carbocycles. The molecule has 2 heterocycles. The van der Waals surface area contributed by atoms with Gasteiger partial charge in [-0.2, -0.15) is 18.2 Å². The lowest BCUT2D eigenvalue weighted by Gasteiger charge is -2.16. The second kappa shape index (κ2) is 10.1. The molecular weight excluding hydrogens is 487 g/mol. The van der Waals surface area contributed by atoms with Gasteiger partial charge in [0.1, 0.15) is 17.2 Å². The summed E-state index contributed by atoms with van der Waals surface area (Å²) in [6.45, 7) is 2.89. The number of pyridine rings is 1. The van der Waals surface area contributed by atoms with E-state index in [1.807, 2.05) is 0 Å². The molecule has 2 aromatic heterocycles. The van der Waals surface area contributed by atoms with Gasteiger partial charge in [0, 0.05) is 35.2 Å². The van der Waals surface area contributed by atoms with Crippen LogP contribution >= 0.6 is 0 Å². The van der Waals surface area contributed by atoms with Crippen LogP contribution in [0.25, 0.3) is 0 Å². The van der Waals surface area contributed by atoms with Crippen LogP contribution in [0.2, 0.25) is 0 Å². The maximum absolute atomic E-state index is 13.6. The van der Waals surface area contributed by atoms with Crippen molar-refractivity contribution in [2.45, 2.75) is 26.6 Å². The van der Waals surface area contributed by atoms with E-state index in [0.717, 1.165) is 0 Å². The average molecular weight is 510 g/mol. The lowest BCUT2D eigenvalue weighted by Crippen LogP contribution is -2.19. The summed E-state index contributed by atoms with van der Waals surface area (Å²) in [4.78, 5) is 23.0. The zero-order valence-corrected chi connectivity index (χ0v) is 19.5. The van der Waals surface area contributed by atoms with Crippen molar-refractivity contribution in [3.8, 4) is 0 Å². The maximum Gasteiger partial charge on any atom is 0.421 e. The summed E-state index contributed by atoms with van der Waals surface area (Å²) >= 11 is 0. The molecule has 0 atom stereocenters. The van der Waals surface area contributed by atoms with E-state index in [2.05, 4.69) is 30.3 Å². The fourth-order valence-corrected chi connectivity index (χ4v) is 3.46. The van der Waals surface area contributed by atoms with Crippen LogP contribution < -0.4 is 21.1 Å². The van der Waals surface area contributed by atoms with Crippen molar-refractivity contribution in [2.75, 3.05) is 21.1 Å². The van der Waals surface area contributed by atoms with Crippen LogP contribution in [0.4, 0.5) is 36.4 Å². The highest BCUT2D eigenvalue weighted by Crippen LogP contribution is 2.34. The first kappa shape index (κ1) is 25.7. The number of alkyl halides is 3. The highest BCUT2D eigenvalue weighted by molar-refractivity contribution is 7.92. The Labute approximate surface area is 199 Å². The fraction of sp³-hybridized carbons (Fsp3) is 0.238. The van der Waals surface area contributed by atoms with Crippen molar-refractivity contribution < 1.29 is 26.4 Å². The normalized spacial score (nSPS) is 11.7. The van der Waals surface area contributed by atoms with Gasteiger partial charge >= 0.3 is 6.18 Å². The van der Waals surface area contributed by atoms with E-state index in [0.29, 0.717) is 23.1 Å². The molecule has 0 radical (unpaired) electrons. The summed E-state index contributed by atoms with van der Waals surface area (Å²) in [5, 5.41) is 5.36. The lowest BCUT2D eigenvalue weighted by molar-refractivity contribution is -0.137. The molecule has 0 saturated carbocycles. The molecule has 0 fully saturated rings. The van der Waals surface area contributed by atoms with Crippen LogP contribution in [0.3, 0.4) is 0 Å². The van der Waals surface area contributed by atoms with Crippen LogP contribution in [-0.2, 0) is 22.7 Å². The third kappa shape index (κ3) is 6.79. The van der Waals surface area contributed by atoms with Gasteiger partial charge in [0.05, 0.1) is 5.75 Å². The van der Waals surface area contributed by atoms with Gasteiger partial charge in [-0.1, -0.05) is 6.07 Å². The number of carbonyl (C=O) groups excluding carboxylic acids is 1. The Balaban J connectivity index is 1.89. The number of anilines is 4. The number of nitrogens with two attached hydrogens (primary N) is 1. The second-order valence-corrected chi connectivity index (χ2v) is 9.35. The van der Waals surface area contributed by atoms with Gasteiger partial charge in [0.15, 0.2) is 0 Å². The molecule has 0 aliphatic carbocycles. The SMILES string of the molecule is CCS(=O)(=O)Nc1nc(C)ccc1CNc1nc(Nc2ccc(C(N)=O)cc2)ncc1C(F)(F)F. The van der Waals surface area contributed by atoms with Crippen LogP contribution in [-0.4, -0.2) is 35.0 Å². The predicted octanol–water partition coefficient (Wildman–Crippen LogP) is 3.42. The number of sulfonamides is 1. The van der Waals surface area contributed by atoms with Crippen molar-refractivity contribution in [3.05, 3.63) is 65.0 Å². The molecule has 1 amide bonds. The number of hydrogen-bond acceptors (Lipinski definition) is 8. The monoisotopic (exact) mass is 509 g/mol. The number of rotatable bonds is 9. The molecule has 0 bridgehead atoms. The van der Waals surface area contributed by atoms with Crippen molar-refractivity contribution in [3.63, 3.8) is 0 Å². The van der Waals surface area contributed by atoms with Crippen LogP contribution in [0.5, 0.6) is 0 Å². The summed E-state index contributed by atoms with van der Waals surface area (Å²) < 4.78 is 67.0. The Morgan fingerprint density at radius 1 is 1.06 bits per heavy atom. The Morgan fingerprint density at radius 3 is 2.34 bits per heavy atom. The van der Waals surface area contributed by atoms with Crippen LogP contribution in [0.15, 0.2) is 42.6 Å². The third-order valence-electron chi connectivity index (χ3n) is 4.72. The highest BCUT2D eigenvalue weighted by atomic mass is 32.2. The van der Waals surface area contributed by atoms with Gasteiger partial charge in [-0.3, -0.25) is 9.52 Å². The number of hydrogen-bond donors (Lipinski definition) is 4. The van der Waals surface area contributed by atoms with E-state index in [4.69, 9.17) is 5.73 Å². The Morgan fingerprint density at radius 2 is 1.74 bits per heavy atom. The van der Waals surface area contributed by atoms with Crippen molar-refractivity contribution in [1.82, 2.24) is 15.0 Å². The van der Waals surface area contributed by atoms with E-state index in [9.17, 15) is 26.4 Å². The molecule has 14 heteroatoms. The smallest absolute Gasteiger partial charge is 0.366 e. The van der Waals surface area contributed by atoms with Gasteiger partial charge in [-0.05, 0) is 44.2 Å². The minimum absolute atomic E-state index is 0.00912. The van der Waals surface area contributed by atoms with Gasteiger partial charge in [0.25, 0.3) is 0 Å². The number of benzene rings is 1. The number of halogens is 3. The number of nitrogens with zero attached hydrogens (tertiary/aromatic N) is 3. The maximum atomic E-state index is 13.6. The molecule has 186 valence electrons. The number of primary amides is 1. The predicted molar refractivity (Wildman–Crippen MR) is 125 cm³/mol. The zero-order valence-electron chi connectivity index (χ0n) is 18.6. The van der Waals surface area contributed by atoms with E-state index in [1.54, 1.807) is 19.1 Å². The minimum atomic E-state index is -4.75.